The van der Waals surface area contributed by atoms with E-state index in [1.165, 1.54) is 11.6 Å². The van der Waals surface area contributed by atoms with Crippen molar-refractivity contribution in [2.45, 2.75) is 0 Å². The van der Waals surface area contributed by atoms with Crippen LogP contribution >= 0.6 is 0 Å². The standard InChI is InChI=1S/C19H18N6O2/c1-23-15-16(24(2)19(27)25(3)17(15)26)21-18(23)22-20-11-13-9-6-8-12-7-4-5-10-14(12)13/h4-11H,1-3H3,(H,21,22)/b20-11+. The average Bonchev–Trinajstić information content (AvgIpc) is 3.01. The van der Waals surface area contributed by atoms with Gasteiger partial charge in [0.2, 0.25) is 5.95 Å². The third-order valence-corrected chi connectivity index (χ3v) is 4.67. The van der Waals surface area contributed by atoms with Crippen molar-refractivity contribution in [3.05, 3.63) is 68.9 Å². The summed E-state index contributed by atoms with van der Waals surface area (Å²) in [5.41, 5.74) is 3.66. The molecule has 2 aromatic carbocycles. The number of hydrogen-bond donors (Lipinski definition) is 1. The van der Waals surface area contributed by atoms with Gasteiger partial charge in [-0.25, -0.2) is 10.2 Å². The number of hydrogen-bond acceptors (Lipinski definition) is 5. The Kier molecular flexibility index (Phi) is 3.88. The summed E-state index contributed by atoms with van der Waals surface area (Å²) in [7, 11) is 4.74. The highest BCUT2D eigenvalue weighted by molar-refractivity contribution is 5.99. The van der Waals surface area contributed by atoms with E-state index in [2.05, 4.69) is 15.5 Å². The van der Waals surface area contributed by atoms with E-state index in [0.29, 0.717) is 17.1 Å². The van der Waals surface area contributed by atoms with Crippen LogP contribution < -0.4 is 16.7 Å². The van der Waals surface area contributed by atoms with E-state index < -0.39 is 11.2 Å². The fourth-order valence-corrected chi connectivity index (χ4v) is 3.14. The van der Waals surface area contributed by atoms with Crippen LogP contribution in [0, 0.1) is 0 Å². The molecule has 136 valence electrons. The molecule has 2 aromatic heterocycles. The number of rotatable bonds is 3. The minimum Gasteiger partial charge on any atom is -0.306 e. The zero-order chi connectivity index (χ0) is 19.1. The molecule has 8 nitrogen and oxygen atoms in total. The molecule has 1 N–H and O–H groups in total. The molecule has 0 saturated carbocycles. The molecular weight excluding hydrogens is 344 g/mol. The summed E-state index contributed by atoms with van der Waals surface area (Å²) in [4.78, 5) is 28.8. The number of aryl methyl sites for hydroxylation is 2. The van der Waals surface area contributed by atoms with E-state index in [-0.39, 0.29) is 0 Å². The van der Waals surface area contributed by atoms with Gasteiger partial charge in [-0.3, -0.25) is 13.9 Å². The first kappa shape index (κ1) is 16.8. The number of imidazole rings is 1. The van der Waals surface area contributed by atoms with E-state index >= 15 is 0 Å². The van der Waals surface area contributed by atoms with Crippen LogP contribution in [0.15, 0.2) is 57.2 Å². The second kappa shape index (κ2) is 6.24. The topological polar surface area (TPSA) is 86.2 Å². The van der Waals surface area contributed by atoms with Crippen LogP contribution in [0.2, 0.25) is 0 Å². The summed E-state index contributed by atoms with van der Waals surface area (Å²) in [5, 5.41) is 6.48. The monoisotopic (exact) mass is 362 g/mol. The molecule has 0 amide bonds. The molecule has 8 heteroatoms. The van der Waals surface area contributed by atoms with E-state index in [4.69, 9.17) is 0 Å². The molecule has 0 bridgehead atoms. The fourth-order valence-electron chi connectivity index (χ4n) is 3.14. The first-order chi connectivity index (χ1) is 13.0. The van der Waals surface area contributed by atoms with Crippen LogP contribution in [-0.4, -0.2) is 24.9 Å². The van der Waals surface area contributed by atoms with Gasteiger partial charge >= 0.3 is 5.69 Å². The first-order valence-electron chi connectivity index (χ1n) is 8.38. The number of aromatic nitrogens is 4. The molecule has 27 heavy (non-hydrogen) atoms. The molecule has 0 unspecified atom stereocenters. The van der Waals surface area contributed by atoms with Crippen LogP contribution in [0.4, 0.5) is 5.95 Å². The second-order valence-electron chi connectivity index (χ2n) is 6.31. The molecule has 0 aliphatic carbocycles. The van der Waals surface area contributed by atoms with Crippen LogP contribution in [0.5, 0.6) is 0 Å². The SMILES string of the molecule is Cn1c(=O)c2c(nc(N/N=C/c3cccc4ccccc34)n2C)n(C)c1=O. The third kappa shape index (κ3) is 2.62. The van der Waals surface area contributed by atoms with Crippen molar-refractivity contribution in [2.75, 3.05) is 5.43 Å². The van der Waals surface area contributed by atoms with Crippen LogP contribution in [0.25, 0.3) is 21.9 Å². The zero-order valence-electron chi connectivity index (χ0n) is 15.2. The molecule has 2 heterocycles. The minimum atomic E-state index is -0.420. The maximum absolute atomic E-state index is 12.4. The Balaban J connectivity index is 1.74. The van der Waals surface area contributed by atoms with Crippen molar-refractivity contribution < 1.29 is 0 Å². The molecule has 0 atom stereocenters. The quantitative estimate of drug-likeness (QED) is 0.443. The Bertz CT molecular complexity index is 1320. The Labute approximate surface area is 154 Å². The van der Waals surface area contributed by atoms with E-state index in [1.54, 1.807) is 24.9 Å². The molecular formula is C19H18N6O2. The summed E-state index contributed by atoms with van der Waals surface area (Å²) in [5.74, 6) is 0.375. The summed E-state index contributed by atoms with van der Waals surface area (Å²) in [6, 6.07) is 14.0. The van der Waals surface area contributed by atoms with Crippen molar-refractivity contribution in [2.24, 2.45) is 26.2 Å². The van der Waals surface area contributed by atoms with E-state index in [9.17, 15) is 9.59 Å². The number of nitrogens with zero attached hydrogens (tertiary/aromatic N) is 5. The van der Waals surface area contributed by atoms with Gasteiger partial charge in [-0.05, 0) is 10.8 Å². The van der Waals surface area contributed by atoms with Crippen molar-refractivity contribution in [3.63, 3.8) is 0 Å². The lowest BCUT2D eigenvalue weighted by Gasteiger charge is -2.03. The summed E-state index contributed by atoms with van der Waals surface area (Å²) in [6.07, 6.45) is 1.71. The van der Waals surface area contributed by atoms with Gasteiger partial charge in [0.15, 0.2) is 11.2 Å². The predicted molar refractivity (Wildman–Crippen MR) is 106 cm³/mol. The van der Waals surface area contributed by atoms with Gasteiger partial charge in [0.25, 0.3) is 5.56 Å². The molecule has 0 saturated heterocycles. The van der Waals surface area contributed by atoms with Crippen molar-refractivity contribution >= 4 is 34.1 Å². The highest BCUT2D eigenvalue weighted by Crippen LogP contribution is 2.17. The van der Waals surface area contributed by atoms with Crippen molar-refractivity contribution in [1.29, 1.82) is 0 Å². The third-order valence-electron chi connectivity index (χ3n) is 4.67. The Morgan fingerprint density at radius 1 is 0.963 bits per heavy atom. The first-order valence-corrected chi connectivity index (χ1v) is 8.38. The number of anilines is 1. The summed E-state index contributed by atoms with van der Waals surface area (Å²) in [6.45, 7) is 0. The van der Waals surface area contributed by atoms with Gasteiger partial charge in [-0.15, -0.1) is 0 Å². The van der Waals surface area contributed by atoms with Crippen LogP contribution in [0.3, 0.4) is 0 Å². The van der Waals surface area contributed by atoms with E-state index in [0.717, 1.165) is 20.9 Å². The highest BCUT2D eigenvalue weighted by Gasteiger charge is 2.16. The fraction of sp³-hybridized carbons (Fsp3) is 0.158. The van der Waals surface area contributed by atoms with Crippen LogP contribution in [0.1, 0.15) is 5.56 Å². The van der Waals surface area contributed by atoms with Gasteiger partial charge in [0.05, 0.1) is 6.21 Å². The lowest BCUT2D eigenvalue weighted by atomic mass is 10.1. The maximum Gasteiger partial charge on any atom is 0.332 e. The highest BCUT2D eigenvalue weighted by atomic mass is 16.2. The molecule has 0 spiro atoms. The second-order valence-corrected chi connectivity index (χ2v) is 6.31. The normalized spacial score (nSPS) is 11.7. The summed E-state index contributed by atoms with van der Waals surface area (Å²) >= 11 is 0. The molecule has 4 rings (SSSR count). The number of nitrogens with one attached hydrogen (secondary N) is 1. The van der Waals surface area contributed by atoms with E-state index in [1.807, 2.05) is 42.5 Å². The van der Waals surface area contributed by atoms with Crippen molar-refractivity contribution in [3.8, 4) is 0 Å². The summed E-state index contributed by atoms with van der Waals surface area (Å²) < 4.78 is 4.00. The lowest BCUT2D eigenvalue weighted by molar-refractivity contribution is 0.705. The van der Waals surface area contributed by atoms with Gasteiger partial charge in [-0.1, -0.05) is 42.5 Å². The average molecular weight is 362 g/mol. The number of hydrazone groups is 1. The Morgan fingerprint density at radius 3 is 2.52 bits per heavy atom. The zero-order valence-corrected chi connectivity index (χ0v) is 15.2. The van der Waals surface area contributed by atoms with Gasteiger partial charge < -0.3 is 4.57 Å². The number of benzene rings is 2. The van der Waals surface area contributed by atoms with Gasteiger partial charge in [-0.2, -0.15) is 10.1 Å². The Hall–Kier alpha value is -3.68. The largest absolute Gasteiger partial charge is 0.332 e. The molecule has 0 aliphatic heterocycles. The van der Waals surface area contributed by atoms with Crippen molar-refractivity contribution in [1.82, 2.24) is 18.7 Å². The molecule has 0 aliphatic rings. The molecule has 0 radical (unpaired) electrons. The number of fused-ring (bicyclic) bond motifs is 2. The van der Waals surface area contributed by atoms with Gasteiger partial charge in [0.1, 0.15) is 0 Å². The molecule has 4 aromatic rings. The lowest BCUT2D eigenvalue weighted by Crippen LogP contribution is -2.37. The molecule has 0 fully saturated rings. The predicted octanol–water partition coefficient (Wildman–Crippen LogP) is 1.57. The minimum absolute atomic E-state index is 0.313. The van der Waals surface area contributed by atoms with Gasteiger partial charge in [0, 0.05) is 26.7 Å². The maximum atomic E-state index is 12.4. The Morgan fingerprint density at radius 2 is 1.70 bits per heavy atom. The van der Waals surface area contributed by atoms with Crippen LogP contribution in [-0.2, 0) is 21.1 Å². The smallest absolute Gasteiger partial charge is 0.306 e.